The fourth-order valence-electron chi connectivity index (χ4n) is 2.32. The van der Waals surface area contributed by atoms with E-state index in [1.165, 1.54) is 6.07 Å². The molecule has 1 fully saturated rings. The van der Waals surface area contributed by atoms with Crippen molar-refractivity contribution < 1.29 is 9.18 Å². The van der Waals surface area contributed by atoms with Crippen LogP contribution in [0.25, 0.3) is 0 Å². The summed E-state index contributed by atoms with van der Waals surface area (Å²) in [4.78, 5) is 14.4. The Morgan fingerprint density at radius 1 is 1.31 bits per heavy atom. The van der Waals surface area contributed by atoms with Crippen molar-refractivity contribution in [1.29, 1.82) is 0 Å². The van der Waals surface area contributed by atoms with E-state index in [0.29, 0.717) is 5.56 Å². The second-order valence-corrected chi connectivity index (χ2v) is 4.50. The average molecular weight is 219 g/mol. The zero-order valence-electron chi connectivity index (χ0n) is 9.51. The standard InChI is InChI=1S/C13H14FNO/c1-9-7-12(14)10(2)6-11(9)13(15-8-16)4-3-5-13/h6-7H,3-5H2,1-2H3. The number of hydrogen-bond donors (Lipinski definition) is 0. The average Bonchev–Trinajstić information content (AvgIpc) is 2.18. The molecular weight excluding hydrogens is 205 g/mol. The van der Waals surface area contributed by atoms with Gasteiger partial charge in [0.2, 0.25) is 6.08 Å². The first-order valence-electron chi connectivity index (χ1n) is 5.45. The van der Waals surface area contributed by atoms with Gasteiger partial charge in [-0.1, -0.05) is 6.07 Å². The maximum Gasteiger partial charge on any atom is 0.235 e. The van der Waals surface area contributed by atoms with Crippen LogP contribution < -0.4 is 0 Å². The van der Waals surface area contributed by atoms with E-state index >= 15 is 0 Å². The lowest BCUT2D eigenvalue weighted by atomic mass is 9.71. The fourth-order valence-corrected chi connectivity index (χ4v) is 2.32. The lowest BCUT2D eigenvalue weighted by Crippen LogP contribution is -2.32. The second-order valence-electron chi connectivity index (χ2n) is 4.50. The third-order valence-electron chi connectivity index (χ3n) is 3.45. The van der Waals surface area contributed by atoms with Crippen molar-refractivity contribution in [2.24, 2.45) is 4.99 Å². The lowest BCUT2D eigenvalue weighted by Gasteiger charge is -2.38. The molecule has 2 rings (SSSR count). The molecule has 0 aliphatic heterocycles. The molecule has 0 bridgehead atoms. The first kappa shape index (κ1) is 11.0. The van der Waals surface area contributed by atoms with Crippen LogP contribution in [0.2, 0.25) is 0 Å². The van der Waals surface area contributed by atoms with Gasteiger partial charge in [-0.2, -0.15) is 4.99 Å². The molecule has 0 N–H and O–H groups in total. The Morgan fingerprint density at radius 2 is 2.00 bits per heavy atom. The summed E-state index contributed by atoms with van der Waals surface area (Å²) in [5, 5.41) is 0. The van der Waals surface area contributed by atoms with Gasteiger partial charge >= 0.3 is 0 Å². The van der Waals surface area contributed by atoms with Gasteiger partial charge in [0.15, 0.2) is 0 Å². The van der Waals surface area contributed by atoms with Crippen LogP contribution in [0.4, 0.5) is 4.39 Å². The number of aryl methyl sites for hydroxylation is 2. The molecule has 0 atom stereocenters. The van der Waals surface area contributed by atoms with Crippen LogP contribution in [0.1, 0.15) is 36.0 Å². The highest BCUT2D eigenvalue weighted by molar-refractivity contribution is 5.43. The van der Waals surface area contributed by atoms with Gasteiger partial charge in [0.25, 0.3) is 0 Å². The molecule has 84 valence electrons. The summed E-state index contributed by atoms with van der Waals surface area (Å²) in [6, 6.07) is 3.33. The Labute approximate surface area is 94.2 Å². The van der Waals surface area contributed by atoms with E-state index in [9.17, 15) is 9.18 Å². The summed E-state index contributed by atoms with van der Waals surface area (Å²) < 4.78 is 13.3. The van der Waals surface area contributed by atoms with Crippen LogP contribution in [-0.2, 0) is 10.3 Å². The summed E-state index contributed by atoms with van der Waals surface area (Å²) in [7, 11) is 0. The first-order valence-corrected chi connectivity index (χ1v) is 5.45. The number of rotatable bonds is 2. The monoisotopic (exact) mass is 219 g/mol. The largest absolute Gasteiger partial charge is 0.235 e. The molecule has 0 saturated heterocycles. The highest BCUT2D eigenvalue weighted by atomic mass is 19.1. The van der Waals surface area contributed by atoms with E-state index in [1.54, 1.807) is 13.0 Å². The minimum Gasteiger partial charge on any atom is -0.211 e. The zero-order valence-corrected chi connectivity index (χ0v) is 9.51. The minimum atomic E-state index is -0.426. The topological polar surface area (TPSA) is 29.4 Å². The molecule has 16 heavy (non-hydrogen) atoms. The zero-order chi connectivity index (χ0) is 11.8. The maximum atomic E-state index is 13.3. The maximum absolute atomic E-state index is 13.3. The number of aliphatic imine (C=N–C) groups is 1. The highest BCUT2D eigenvalue weighted by Crippen LogP contribution is 2.46. The first-order chi connectivity index (χ1) is 7.59. The predicted octanol–water partition coefficient (Wildman–Crippen LogP) is 3.16. The molecule has 0 spiro atoms. The number of isocyanates is 1. The van der Waals surface area contributed by atoms with Crippen LogP contribution in [-0.4, -0.2) is 6.08 Å². The summed E-state index contributed by atoms with van der Waals surface area (Å²) in [5.74, 6) is -0.203. The van der Waals surface area contributed by atoms with Gasteiger partial charge in [0.1, 0.15) is 5.82 Å². The Morgan fingerprint density at radius 3 is 2.50 bits per heavy atom. The molecular formula is C13H14FNO. The van der Waals surface area contributed by atoms with Gasteiger partial charge in [-0.15, -0.1) is 0 Å². The van der Waals surface area contributed by atoms with E-state index in [0.717, 1.165) is 30.4 Å². The quantitative estimate of drug-likeness (QED) is 0.555. The number of halogens is 1. The number of carbonyl (C=O) groups excluding carboxylic acids is 1. The van der Waals surface area contributed by atoms with Crippen molar-refractivity contribution in [3.05, 3.63) is 34.6 Å². The molecule has 0 heterocycles. The van der Waals surface area contributed by atoms with Crippen molar-refractivity contribution in [3.63, 3.8) is 0 Å². The molecule has 2 nitrogen and oxygen atoms in total. The number of nitrogens with zero attached hydrogens (tertiary/aromatic N) is 1. The van der Waals surface area contributed by atoms with Crippen LogP contribution in [0.5, 0.6) is 0 Å². The molecule has 1 aromatic rings. The molecule has 0 amide bonds. The normalized spacial score (nSPS) is 17.4. The molecule has 0 aromatic heterocycles. The third kappa shape index (κ3) is 1.57. The van der Waals surface area contributed by atoms with Crippen molar-refractivity contribution in [3.8, 4) is 0 Å². The van der Waals surface area contributed by atoms with E-state index < -0.39 is 5.54 Å². The van der Waals surface area contributed by atoms with E-state index in [-0.39, 0.29) is 5.82 Å². The van der Waals surface area contributed by atoms with Crippen molar-refractivity contribution in [2.45, 2.75) is 38.6 Å². The Kier molecular flexibility index (Phi) is 2.64. The summed E-state index contributed by atoms with van der Waals surface area (Å²) in [5.41, 5.74) is 2.01. The Balaban J connectivity index is 2.54. The van der Waals surface area contributed by atoms with Crippen molar-refractivity contribution in [2.75, 3.05) is 0 Å². The van der Waals surface area contributed by atoms with Gasteiger partial charge in [-0.25, -0.2) is 9.18 Å². The molecule has 3 heteroatoms. The number of hydrogen-bond acceptors (Lipinski definition) is 2. The van der Waals surface area contributed by atoms with Gasteiger partial charge in [-0.05, 0) is 55.9 Å². The Bertz CT molecular complexity index is 471. The van der Waals surface area contributed by atoms with Gasteiger partial charge in [-0.3, -0.25) is 0 Å². The van der Waals surface area contributed by atoms with Gasteiger partial charge < -0.3 is 0 Å². The molecule has 1 aromatic carbocycles. The Hall–Kier alpha value is -1.47. The summed E-state index contributed by atoms with van der Waals surface area (Å²) in [6.07, 6.45) is 4.42. The summed E-state index contributed by atoms with van der Waals surface area (Å²) in [6.45, 7) is 3.59. The van der Waals surface area contributed by atoms with Crippen LogP contribution >= 0.6 is 0 Å². The second kappa shape index (κ2) is 3.84. The molecule has 1 aliphatic rings. The predicted molar refractivity (Wildman–Crippen MR) is 59.5 cm³/mol. The van der Waals surface area contributed by atoms with Gasteiger partial charge in [0.05, 0.1) is 5.54 Å². The highest BCUT2D eigenvalue weighted by Gasteiger charge is 2.40. The number of benzene rings is 1. The molecule has 1 aliphatic carbocycles. The van der Waals surface area contributed by atoms with E-state index in [2.05, 4.69) is 4.99 Å². The van der Waals surface area contributed by atoms with E-state index in [1.807, 2.05) is 13.0 Å². The fraction of sp³-hybridized carbons (Fsp3) is 0.462. The summed E-state index contributed by atoms with van der Waals surface area (Å²) >= 11 is 0. The minimum absolute atomic E-state index is 0.203. The van der Waals surface area contributed by atoms with Gasteiger partial charge in [0, 0.05) is 0 Å². The SMILES string of the molecule is Cc1cc(C2(N=C=O)CCC2)c(C)cc1F. The van der Waals surface area contributed by atoms with E-state index in [4.69, 9.17) is 0 Å². The van der Waals surface area contributed by atoms with Crippen LogP contribution in [0.3, 0.4) is 0 Å². The molecule has 0 radical (unpaired) electrons. The molecule has 1 saturated carbocycles. The smallest absolute Gasteiger partial charge is 0.211 e. The third-order valence-corrected chi connectivity index (χ3v) is 3.45. The van der Waals surface area contributed by atoms with Crippen LogP contribution in [0, 0.1) is 19.7 Å². The van der Waals surface area contributed by atoms with Crippen molar-refractivity contribution >= 4 is 6.08 Å². The van der Waals surface area contributed by atoms with Crippen molar-refractivity contribution in [1.82, 2.24) is 0 Å². The van der Waals surface area contributed by atoms with Crippen LogP contribution in [0.15, 0.2) is 17.1 Å². The lowest BCUT2D eigenvalue weighted by molar-refractivity contribution is 0.254. The molecule has 0 unspecified atom stereocenters.